The summed E-state index contributed by atoms with van der Waals surface area (Å²) in [4.78, 5) is 5.90. The molecular formula is C16H23N3S. The first-order chi connectivity index (χ1) is 9.74. The van der Waals surface area contributed by atoms with Crippen LogP contribution < -0.4 is 5.32 Å². The predicted octanol–water partition coefficient (Wildman–Crippen LogP) is 3.74. The second-order valence-electron chi connectivity index (χ2n) is 5.98. The molecular weight excluding hydrogens is 266 g/mol. The Morgan fingerprint density at radius 3 is 2.90 bits per heavy atom. The fraction of sp³-hybridized carbons (Fsp3) is 0.562. The number of thiophene rings is 1. The summed E-state index contributed by atoms with van der Waals surface area (Å²) < 4.78 is 2.12. The van der Waals surface area contributed by atoms with Gasteiger partial charge in [-0.05, 0) is 36.1 Å². The Balaban J connectivity index is 1.75. The quantitative estimate of drug-likeness (QED) is 0.841. The average molecular weight is 289 g/mol. The summed E-state index contributed by atoms with van der Waals surface area (Å²) in [7, 11) is 2.07. The fourth-order valence-corrected chi connectivity index (χ4v) is 3.77. The zero-order valence-electron chi connectivity index (χ0n) is 12.3. The summed E-state index contributed by atoms with van der Waals surface area (Å²) in [5, 5.41) is 5.92. The standard InChI is InChI=1S/C16H23N3S/c1-3-6-16(7-8-16)12-18-14(13-5-4-11-20-13)15-17-9-10-19(15)2/h4-5,9-11,14,18H,3,6-8,12H2,1-2H3. The molecule has 1 atom stereocenters. The molecule has 1 unspecified atom stereocenters. The molecule has 0 bridgehead atoms. The molecule has 0 amide bonds. The highest BCUT2D eigenvalue weighted by Gasteiger charge is 2.41. The van der Waals surface area contributed by atoms with Gasteiger partial charge in [-0.2, -0.15) is 0 Å². The molecule has 1 aliphatic carbocycles. The van der Waals surface area contributed by atoms with Crippen molar-refractivity contribution in [2.75, 3.05) is 6.54 Å². The average Bonchev–Trinajstić information content (AvgIpc) is 2.86. The second kappa shape index (κ2) is 5.70. The molecule has 2 aromatic heterocycles. The summed E-state index contributed by atoms with van der Waals surface area (Å²) in [6.07, 6.45) is 9.30. The monoisotopic (exact) mass is 289 g/mol. The van der Waals surface area contributed by atoms with E-state index in [0.29, 0.717) is 5.41 Å². The van der Waals surface area contributed by atoms with Gasteiger partial charge in [0.05, 0.1) is 0 Å². The smallest absolute Gasteiger partial charge is 0.131 e. The van der Waals surface area contributed by atoms with Crippen molar-refractivity contribution in [2.45, 2.75) is 38.6 Å². The summed E-state index contributed by atoms with van der Waals surface area (Å²) in [6.45, 7) is 3.39. The van der Waals surface area contributed by atoms with Crippen LogP contribution in [0.5, 0.6) is 0 Å². The van der Waals surface area contributed by atoms with Gasteiger partial charge in [-0.1, -0.05) is 19.4 Å². The zero-order valence-corrected chi connectivity index (χ0v) is 13.1. The maximum absolute atomic E-state index is 4.55. The van der Waals surface area contributed by atoms with Gasteiger partial charge in [-0.15, -0.1) is 11.3 Å². The van der Waals surface area contributed by atoms with Gasteiger partial charge in [0.2, 0.25) is 0 Å². The Kier molecular flexibility index (Phi) is 3.94. The molecule has 0 aliphatic heterocycles. The van der Waals surface area contributed by atoms with Crippen LogP contribution in [0, 0.1) is 5.41 Å². The number of rotatable bonds is 7. The van der Waals surface area contributed by atoms with E-state index >= 15 is 0 Å². The largest absolute Gasteiger partial charge is 0.336 e. The first-order valence-electron chi connectivity index (χ1n) is 7.48. The summed E-state index contributed by atoms with van der Waals surface area (Å²) in [5.41, 5.74) is 0.565. The number of nitrogens with zero attached hydrogens (tertiary/aromatic N) is 2. The maximum atomic E-state index is 4.55. The van der Waals surface area contributed by atoms with Crippen LogP contribution in [0.1, 0.15) is 49.4 Å². The molecule has 2 heterocycles. The van der Waals surface area contributed by atoms with Crippen LogP contribution in [0.3, 0.4) is 0 Å². The molecule has 1 fully saturated rings. The van der Waals surface area contributed by atoms with Crippen LogP contribution in [0.2, 0.25) is 0 Å². The van der Waals surface area contributed by atoms with Crippen molar-refractivity contribution >= 4 is 11.3 Å². The molecule has 1 saturated carbocycles. The summed E-state index contributed by atoms with van der Waals surface area (Å²) in [6, 6.07) is 4.55. The van der Waals surface area contributed by atoms with Gasteiger partial charge >= 0.3 is 0 Å². The molecule has 3 nitrogen and oxygen atoms in total. The Morgan fingerprint density at radius 2 is 2.35 bits per heavy atom. The molecule has 1 aliphatic rings. The first-order valence-corrected chi connectivity index (χ1v) is 8.36. The van der Waals surface area contributed by atoms with Crippen molar-refractivity contribution in [2.24, 2.45) is 12.5 Å². The lowest BCUT2D eigenvalue weighted by atomic mass is 10.00. The molecule has 0 radical (unpaired) electrons. The molecule has 108 valence electrons. The highest BCUT2D eigenvalue weighted by Crippen LogP contribution is 2.49. The summed E-state index contributed by atoms with van der Waals surface area (Å²) >= 11 is 1.81. The van der Waals surface area contributed by atoms with E-state index in [0.717, 1.165) is 12.4 Å². The van der Waals surface area contributed by atoms with Crippen molar-refractivity contribution in [3.8, 4) is 0 Å². The van der Waals surface area contributed by atoms with E-state index in [1.165, 1.54) is 30.6 Å². The molecule has 0 aromatic carbocycles. The third-order valence-electron chi connectivity index (χ3n) is 4.36. The normalized spacial score (nSPS) is 18.1. The Hall–Kier alpha value is -1.13. The topological polar surface area (TPSA) is 29.9 Å². The third kappa shape index (κ3) is 2.81. The first kappa shape index (κ1) is 13.8. The SMILES string of the molecule is CCCC1(CNC(c2cccs2)c2nccn2C)CC1. The van der Waals surface area contributed by atoms with Crippen molar-refractivity contribution in [1.29, 1.82) is 0 Å². The highest BCUT2D eigenvalue weighted by atomic mass is 32.1. The molecule has 1 N–H and O–H groups in total. The van der Waals surface area contributed by atoms with E-state index in [1.807, 2.05) is 12.4 Å². The molecule has 4 heteroatoms. The van der Waals surface area contributed by atoms with E-state index in [9.17, 15) is 0 Å². The van der Waals surface area contributed by atoms with E-state index in [2.05, 4.69) is 46.4 Å². The number of imidazole rings is 1. The lowest BCUT2D eigenvalue weighted by molar-refractivity contribution is 0.399. The Morgan fingerprint density at radius 1 is 1.50 bits per heavy atom. The summed E-state index contributed by atoms with van der Waals surface area (Å²) in [5.74, 6) is 1.11. The number of aryl methyl sites for hydroxylation is 1. The molecule has 20 heavy (non-hydrogen) atoms. The van der Waals surface area contributed by atoms with Gasteiger partial charge in [0, 0.05) is 30.9 Å². The minimum absolute atomic E-state index is 0.226. The Bertz CT molecular complexity index is 540. The number of nitrogens with one attached hydrogen (secondary N) is 1. The van der Waals surface area contributed by atoms with Gasteiger partial charge in [0.15, 0.2) is 0 Å². The fourth-order valence-electron chi connectivity index (χ4n) is 2.97. The van der Waals surface area contributed by atoms with Gasteiger partial charge in [-0.25, -0.2) is 4.98 Å². The molecule has 0 saturated heterocycles. The molecule has 0 spiro atoms. The minimum atomic E-state index is 0.226. The number of hydrogen-bond acceptors (Lipinski definition) is 3. The Labute approximate surface area is 125 Å². The lowest BCUT2D eigenvalue weighted by Gasteiger charge is -2.21. The number of hydrogen-bond donors (Lipinski definition) is 1. The van der Waals surface area contributed by atoms with Crippen LogP contribution in [-0.2, 0) is 7.05 Å². The van der Waals surface area contributed by atoms with E-state index in [1.54, 1.807) is 11.3 Å². The van der Waals surface area contributed by atoms with Crippen LogP contribution in [0.4, 0.5) is 0 Å². The van der Waals surface area contributed by atoms with E-state index < -0.39 is 0 Å². The third-order valence-corrected chi connectivity index (χ3v) is 5.30. The maximum Gasteiger partial charge on any atom is 0.131 e. The predicted molar refractivity (Wildman–Crippen MR) is 83.9 cm³/mol. The van der Waals surface area contributed by atoms with Crippen molar-refractivity contribution in [3.05, 3.63) is 40.6 Å². The molecule has 3 rings (SSSR count). The second-order valence-corrected chi connectivity index (χ2v) is 6.95. The van der Waals surface area contributed by atoms with Crippen LogP contribution in [-0.4, -0.2) is 16.1 Å². The number of aromatic nitrogens is 2. The van der Waals surface area contributed by atoms with Crippen LogP contribution >= 0.6 is 11.3 Å². The van der Waals surface area contributed by atoms with Gasteiger partial charge < -0.3 is 9.88 Å². The highest BCUT2D eigenvalue weighted by molar-refractivity contribution is 7.10. The van der Waals surface area contributed by atoms with Gasteiger partial charge in [0.1, 0.15) is 11.9 Å². The van der Waals surface area contributed by atoms with Crippen LogP contribution in [0.15, 0.2) is 29.9 Å². The minimum Gasteiger partial charge on any atom is -0.336 e. The van der Waals surface area contributed by atoms with Crippen molar-refractivity contribution < 1.29 is 0 Å². The van der Waals surface area contributed by atoms with E-state index in [-0.39, 0.29) is 6.04 Å². The van der Waals surface area contributed by atoms with Crippen molar-refractivity contribution in [1.82, 2.24) is 14.9 Å². The van der Waals surface area contributed by atoms with Gasteiger partial charge in [0.25, 0.3) is 0 Å². The van der Waals surface area contributed by atoms with Crippen molar-refractivity contribution in [3.63, 3.8) is 0 Å². The van der Waals surface area contributed by atoms with Crippen LogP contribution in [0.25, 0.3) is 0 Å². The zero-order chi connectivity index (χ0) is 14.0. The lowest BCUT2D eigenvalue weighted by Crippen LogP contribution is -2.30. The van der Waals surface area contributed by atoms with E-state index in [4.69, 9.17) is 0 Å². The molecule has 2 aromatic rings. The van der Waals surface area contributed by atoms with Gasteiger partial charge in [-0.3, -0.25) is 0 Å².